The maximum Gasteiger partial charge on any atom is 0.241 e. The molecule has 1 aliphatic heterocycles. The fourth-order valence-electron chi connectivity index (χ4n) is 3.21. The summed E-state index contributed by atoms with van der Waals surface area (Å²) in [5.74, 6) is -0.754. The van der Waals surface area contributed by atoms with E-state index in [1.807, 2.05) is 25.1 Å². The van der Waals surface area contributed by atoms with Crippen LogP contribution in [-0.2, 0) is 16.1 Å². The molecular formula is C21H24ClFN2O2. The highest BCUT2D eigenvalue weighted by atomic mass is 35.5. The van der Waals surface area contributed by atoms with Crippen LogP contribution >= 0.6 is 11.6 Å². The van der Waals surface area contributed by atoms with Crippen LogP contribution < -0.4 is 5.32 Å². The molecule has 1 saturated heterocycles. The Labute approximate surface area is 164 Å². The van der Waals surface area contributed by atoms with Crippen LogP contribution in [0.3, 0.4) is 0 Å². The fraction of sp³-hybridized carbons (Fsp3) is 0.381. The number of benzene rings is 2. The molecule has 1 amide bonds. The first-order valence-electron chi connectivity index (χ1n) is 9.18. The van der Waals surface area contributed by atoms with Gasteiger partial charge in [-0.05, 0) is 43.5 Å². The number of rotatable bonds is 6. The summed E-state index contributed by atoms with van der Waals surface area (Å²) < 4.78 is 19.9. The Balaban J connectivity index is 1.46. The summed E-state index contributed by atoms with van der Waals surface area (Å²) in [6.45, 7) is 4.00. The second-order valence-corrected chi connectivity index (χ2v) is 7.26. The minimum atomic E-state index is -0.531. The predicted octanol–water partition coefficient (Wildman–Crippen LogP) is 4.49. The van der Waals surface area contributed by atoms with Gasteiger partial charge in [0.2, 0.25) is 5.91 Å². The highest BCUT2D eigenvalue weighted by Gasteiger charge is 2.27. The molecule has 3 rings (SSSR count). The van der Waals surface area contributed by atoms with Gasteiger partial charge in [0.1, 0.15) is 5.82 Å². The summed E-state index contributed by atoms with van der Waals surface area (Å²) in [5, 5.41) is 2.95. The SMILES string of the molecule is CC(C(=O)Nc1ccc(Cl)cc1F)N1CCC(OCc2ccccc2)CC1. The van der Waals surface area contributed by atoms with E-state index in [1.165, 1.54) is 12.1 Å². The minimum Gasteiger partial charge on any atom is -0.373 e. The lowest BCUT2D eigenvalue weighted by Gasteiger charge is -2.35. The van der Waals surface area contributed by atoms with Crippen molar-refractivity contribution in [1.82, 2.24) is 4.90 Å². The normalized spacial score (nSPS) is 16.9. The molecule has 0 aromatic heterocycles. The van der Waals surface area contributed by atoms with Crippen LogP contribution in [0.1, 0.15) is 25.3 Å². The predicted molar refractivity (Wildman–Crippen MR) is 105 cm³/mol. The van der Waals surface area contributed by atoms with E-state index in [-0.39, 0.29) is 23.7 Å². The van der Waals surface area contributed by atoms with Crippen molar-refractivity contribution in [1.29, 1.82) is 0 Å². The molecule has 1 aliphatic rings. The molecular weight excluding hydrogens is 367 g/mol. The maximum absolute atomic E-state index is 13.9. The van der Waals surface area contributed by atoms with Crippen molar-refractivity contribution in [2.75, 3.05) is 18.4 Å². The Morgan fingerprint density at radius 1 is 1.26 bits per heavy atom. The van der Waals surface area contributed by atoms with Gasteiger partial charge in [0.25, 0.3) is 0 Å². The highest BCUT2D eigenvalue weighted by molar-refractivity contribution is 6.30. The number of amides is 1. The second-order valence-electron chi connectivity index (χ2n) is 6.82. The van der Waals surface area contributed by atoms with Gasteiger partial charge < -0.3 is 10.1 Å². The summed E-state index contributed by atoms with van der Waals surface area (Å²) in [6.07, 6.45) is 1.95. The molecule has 0 saturated carbocycles. The first-order chi connectivity index (χ1) is 13.0. The fourth-order valence-corrected chi connectivity index (χ4v) is 3.37. The summed E-state index contributed by atoms with van der Waals surface area (Å²) >= 11 is 5.74. The Morgan fingerprint density at radius 3 is 2.63 bits per heavy atom. The summed E-state index contributed by atoms with van der Waals surface area (Å²) in [4.78, 5) is 14.6. The molecule has 1 heterocycles. The summed E-state index contributed by atoms with van der Waals surface area (Å²) in [5.41, 5.74) is 1.31. The second kappa shape index (κ2) is 9.31. The van der Waals surface area contributed by atoms with Crippen LogP contribution in [0.2, 0.25) is 5.02 Å². The molecule has 27 heavy (non-hydrogen) atoms. The standard InChI is InChI=1S/C21H24ClFN2O2/c1-15(21(26)24-20-8-7-17(22)13-19(20)23)25-11-9-18(10-12-25)27-14-16-5-3-2-4-6-16/h2-8,13,15,18H,9-12,14H2,1H3,(H,24,26). The van der Waals surface area contributed by atoms with Crippen molar-refractivity contribution in [2.24, 2.45) is 0 Å². The number of halogens is 2. The van der Waals surface area contributed by atoms with Gasteiger partial charge in [-0.25, -0.2) is 4.39 Å². The number of carbonyl (C=O) groups is 1. The van der Waals surface area contributed by atoms with Crippen molar-refractivity contribution in [2.45, 2.75) is 38.5 Å². The Hall–Kier alpha value is -1.95. The smallest absolute Gasteiger partial charge is 0.241 e. The van der Waals surface area contributed by atoms with Gasteiger partial charge in [0.15, 0.2) is 0 Å². The molecule has 2 aromatic rings. The van der Waals surface area contributed by atoms with E-state index in [9.17, 15) is 9.18 Å². The van der Waals surface area contributed by atoms with Crippen LogP contribution in [0.4, 0.5) is 10.1 Å². The van der Waals surface area contributed by atoms with E-state index in [4.69, 9.17) is 16.3 Å². The van der Waals surface area contributed by atoms with Crippen molar-refractivity contribution < 1.29 is 13.9 Å². The van der Waals surface area contributed by atoms with Gasteiger partial charge in [-0.15, -0.1) is 0 Å². The quantitative estimate of drug-likeness (QED) is 0.790. The van der Waals surface area contributed by atoms with Gasteiger partial charge in [0.05, 0.1) is 24.4 Å². The number of nitrogens with one attached hydrogen (secondary N) is 1. The lowest BCUT2D eigenvalue weighted by Crippen LogP contribution is -2.47. The molecule has 6 heteroatoms. The number of ether oxygens (including phenoxy) is 1. The number of anilines is 1. The minimum absolute atomic E-state index is 0.150. The molecule has 4 nitrogen and oxygen atoms in total. The molecule has 0 bridgehead atoms. The lowest BCUT2D eigenvalue weighted by atomic mass is 10.1. The lowest BCUT2D eigenvalue weighted by molar-refractivity contribution is -0.122. The third kappa shape index (κ3) is 5.51. The van der Waals surface area contributed by atoms with Crippen molar-refractivity contribution in [3.8, 4) is 0 Å². The molecule has 0 radical (unpaired) electrons. The maximum atomic E-state index is 13.9. The van der Waals surface area contributed by atoms with Gasteiger partial charge in [-0.1, -0.05) is 41.9 Å². The monoisotopic (exact) mass is 390 g/mol. The van der Waals surface area contributed by atoms with Crippen LogP contribution in [0.15, 0.2) is 48.5 Å². The van der Waals surface area contributed by atoms with Crippen LogP contribution in [0.5, 0.6) is 0 Å². The Kier molecular flexibility index (Phi) is 6.83. The average molecular weight is 391 g/mol. The zero-order chi connectivity index (χ0) is 19.2. The number of hydrogen-bond donors (Lipinski definition) is 1. The van der Waals surface area contributed by atoms with Gasteiger partial charge in [-0.2, -0.15) is 0 Å². The third-order valence-electron chi connectivity index (χ3n) is 4.92. The van der Waals surface area contributed by atoms with E-state index in [0.717, 1.165) is 31.5 Å². The number of nitrogens with zero attached hydrogens (tertiary/aromatic N) is 1. The molecule has 0 aliphatic carbocycles. The van der Waals surface area contributed by atoms with Crippen molar-refractivity contribution >= 4 is 23.2 Å². The van der Waals surface area contributed by atoms with Crippen molar-refractivity contribution in [3.63, 3.8) is 0 Å². The number of piperidine rings is 1. The first kappa shape index (κ1) is 19.8. The highest BCUT2D eigenvalue weighted by Crippen LogP contribution is 2.21. The largest absolute Gasteiger partial charge is 0.373 e. The molecule has 0 spiro atoms. The zero-order valence-electron chi connectivity index (χ0n) is 15.3. The Morgan fingerprint density at radius 2 is 1.96 bits per heavy atom. The van der Waals surface area contributed by atoms with E-state index >= 15 is 0 Å². The van der Waals surface area contributed by atoms with E-state index in [0.29, 0.717) is 11.6 Å². The number of hydrogen-bond acceptors (Lipinski definition) is 3. The van der Waals surface area contributed by atoms with Crippen LogP contribution in [0.25, 0.3) is 0 Å². The van der Waals surface area contributed by atoms with Gasteiger partial charge in [-0.3, -0.25) is 9.69 Å². The van der Waals surface area contributed by atoms with E-state index in [1.54, 1.807) is 6.07 Å². The molecule has 2 aromatic carbocycles. The van der Waals surface area contributed by atoms with Crippen LogP contribution in [-0.4, -0.2) is 36.0 Å². The average Bonchev–Trinajstić information content (AvgIpc) is 2.69. The van der Waals surface area contributed by atoms with Gasteiger partial charge in [0, 0.05) is 18.1 Å². The van der Waals surface area contributed by atoms with Gasteiger partial charge >= 0.3 is 0 Å². The summed E-state index contributed by atoms with van der Waals surface area (Å²) in [7, 11) is 0. The molecule has 1 fully saturated rings. The summed E-state index contributed by atoms with van der Waals surface area (Å²) in [6, 6.07) is 14.0. The van der Waals surface area contributed by atoms with Crippen LogP contribution in [0, 0.1) is 5.82 Å². The number of carbonyl (C=O) groups excluding carboxylic acids is 1. The Bertz CT molecular complexity index is 764. The van der Waals surface area contributed by atoms with E-state index < -0.39 is 5.82 Å². The number of likely N-dealkylation sites (tertiary alicyclic amines) is 1. The molecule has 144 valence electrons. The topological polar surface area (TPSA) is 41.6 Å². The molecule has 1 N–H and O–H groups in total. The van der Waals surface area contributed by atoms with Crippen molar-refractivity contribution in [3.05, 3.63) is 64.9 Å². The zero-order valence-corrected chi connectivity index (χ0v) is 16.1. The molecule has 1 atom stereocenters. The first-order valence-corrected chi connectivity index (χ1v) is 9.56. The third-order valence-corrected chi connectivity index (χ3v) is 5.16. The van der Waals surface area contributed by atoms with E-state index in [2.05, 4.69) is 22.3 Å². The molecule has 1 unspecified atom stereocenters.